The Morgan fingerprint density at radius 1 is 1.12 bits per heavy atom. The highest BCUT2D eigenvalue weighted by Crippen LogP contribution is 2.17. The molecule has 0 spiro atoms. The maximum absolute atomic E-state index is 11.9. The van der Waals surface area contributed by atoms with Crippen molar-refractivity contribution in [1.82, 2.24) is 16.0 Å². The molecular weight excluding hydrogens is 330 g/mol. The van der Waals surface area contributed by atoms with Crippen LogP contribution in [0.25, 0.3) is 0 Å². The number of urea groups is 1. The van der Waals surface area contributed by atoms with Crippen molar-refractivity contribution < 1.29 is 14.3 Å². The van der Waals surface area contributed by atoms with Gasteiger partial charge in [-0.3, -0.25) is 4.79 Å². The van der Waals surface area contributed by atoms with Crippen LogP contribution < -0.4 is 16.0 Å². The first kappa shape index (κ1) is 20.2. The molecule has 6 heteroatoms. The molecular formula is C20H31N3O3. The summed E-state index contributed by atoms with van der Waals surface area (Å²) in [4.78, 5) is 23.8. The molecule has 0 saturated heterocycles. The molecule has 3 amide bonds. The number of carbonyl (C=O) groups is 2. The van der Waals surface area contributed by atoms with Gasteiger partial charge >= 0.3 is 6.03 Å². The van der Waals surface area contributed by atoms with Crippen molar-refractivity contribution in [2.45, 2.75) is 64.6 Å². The van der Waals surface area contributed by atoms with Crippen molar-refractivity contribution in [2.24, 2.45) is 0 Å². The zero-order valence-electron chi connectivity index (χ0n) is 15.7. The van der Waals surface area contributed by atoms with Gasteiger partial charge in [-0.1, -0.05) is 44.0 Å². The first-order chi connectivity index (χ1) is 12.7. The first-order valence-corrected chi connectivity index (χ1v) is 9.64. The zero-order chi connectivity index (χ0) is 18.6. The molecule has 1 saturated carbocycles. The van der Waals surface area contributed by atoms with Crippen LogP contribution in [-0.2, 0) is 22.7 Å². The molecule has 26 heavy (non-hydrogen) atoms. The van der Waals surface area contributed by atoms with Crippen molar-refractivity contribution in [1.29, 1.82) is 0 Å². The number of benzene rings is 1. The highest BCUT2D eigenvalue weighted by atomic mass is 16.5. The molecule has 1 fully saturated rings. The van der Waals surface area contributed by atoms with E-state index in [1.54, 1.807) is 0 Å². The minimum Gasteiger partial charge on any atom is -0.377 e. The Morgan fingerprint density at radius 3 is 2.58 bits per heavy atom. The number of amides is 3. The van der Waals surface area contributed by atoms with Gasteiger partial charge < -0.3 is 20.7 Å². The molecule has 0 unspecified atom stereocenters. The molecule has 2 rings (SSSR count). The van der Waals surface area contributed by atoms with E-state index in [2.05, 4.69) is 22.9 Å². The van der Waals surface area contributed by atoms with Crippen LogP contribution in [-0.4, -0.2) is 31.1 Å². The highest BCUT2D eigenvalue weighted by Gasteiger charge is 2.16. The van der Waals surface area contributed by atoms with Gasteiger partial charge in [-0.25, -0.2) is 4.79 Å². The van der Waals surface area contributed by atoms with Crippen LogP contribution in [0.5, 0.6) is 0 Å². The molecule has 1 aromatic rings. The van der Waals surface area contributed by atoms with Crippen molar-refractivity contribution in [2.75, 3.05) is 13.2 Å². The fourth-order valence-electron chi connectivity index (χ4n) is 3.09. The molecule has 0 aromatic heterocycles. The third-order valence-corrected chi connectivity index (χ3v) is 4.52. The number of carbonyl (C=O) groups excluding carboxylic acids is 2. The van der Waals surface area contributed by atoms with Crippen LogP contribution in [0.3, 0.4) is 0 Å². The summed E-state index contributed by atoms with van der Waals surface area (Å²) in [6, 6.07) is 7.98. The Labute approximate surface area is 156 Å². The summed E-state index contributed by atoms with van der Waals surface area (Å²) in [5.41, 5.74) is 2.12. The molecule has 0 bridgehead atoms. The highest BCUT2D eigenvalue weighted by molar-refractivity contribution is 5.78. The van der Waals surface area contributed by atoms with E-state index in [0.29, 0.717) is 32.2 Å². The molecule has 1 aliphatic carbocycles. The lowest BCUT2D eigenvalue weighted by Crippen LogP contribution is -2.39. The van der Waals surface area contributed by atoms with Crippen molar-refractivity contribution >= 4 is 11.9 Å². The van der Waals surface area contributed by atoms with Crippen LogP contribution in [0.2, 0.25) is 0 Å². The minimum absolute atomic E-state index is 0.00983. The second kappa shape index (κ2) is 11.5. The first-order valence-electron chi connectivity index (χ1n) is 9.64. The Hall–Kier alpha value is -2.08. The number of nitrogens with one attached hydrogen (secondary N) is 3. The summed E-state index contributed by atoms with van der Waals surface area (Å²) in [7, 11) is 0. The molecule has 0 aliphatic heterocycles. The minimum atomic E-state index is -0.261. The van der Waals surface area contributed by atoms with E-state index in [-0.39, 0.29) is 11.9 Å². The van der Waals surface area contributed by atoms with Crippen LogP contribution in [0, 0.1) is 0 Å². The quantitative estimate of drug-likeness (QED) is 0.561. The fraction of sp³-hybridized carbons (Fsp3) is 0.600. The number of ether oxygens (including phenoxy) is 1. The topological polar surface area (TPSA) is 79.5 Å². The van der Waals surface area contributed by atoms with Gasteiger partial charge in [0.1, 0.15) is 0 Å². The summed E-state index contributed by atoms with van der Waals surface area (Å²) in [5, 5.41) is 8.60. The lowest BCUT2D eigenvalue weighted by molar-refractivity contribution is -0.121. The van der Waals surface area contributed by atoms with Crippen LogP contribution in [0.1, 0.15) is 56.6 Å². The predicted molar refractivity (Wildman–Crippen MR) is 102 cm³/mol. The Bertz CT molecular complexity index is 571. The zero-order valence-corrected chi connectivity index (χ0v) is 15.7. The molecule has 0 radical (unpaired) electrons. The number of rotatable bonds is 10. The van der Waals surface area contributed by atoms with E-state index in [1.807, 2.05) is 24.3 Å². The Morgan fingerprint density at radius 2 is 1.85 bits per heavy atom. The van der Waals surface area contributed by atoms with E-state index in [1.165, 1.54) is 12.8 Å². The van der Waals surface area contributed by atoms with Crippen LogP contribution in [0.4, 0.5) is 4.79 Å². The third-order valence-electron chi connectivity index (χ3n) is 4.52. The van der Waals surface area contributed by atoms with E-state index in [9.17, 15) is 9.59 Å². The lowest BCUT2D eigenvalue weighted by atomic mass is 10.1. The van der Waals surface area contributed by atoms with Crippen molar-refractivity contribution in [3.8, 4) is 0 Å². The summed E-state index contributed by atoms with van der Waals surface area (Å²) in [5.74, 6) is 0.00983. The second-order valence-corrected chi connectivity index (χ2v) is 6.73. The van der Waals surface area contributed by atoms with E-state index in [0.717, 1.165) is 37.0 Å². The fourth-order valence-corrected chi connectivity index (χ4v) is 3.09. The second-order valence-electron chi connectivity index (χ2n) is 6.73. The van der Waals surface area contributed by atoms with Gasteiger partial charge in [-0.15, -0.1) is 0 Å². The average Bonchev–Trinajstić information content (AvgIpc) is 3.14. The smallest absolute Gasteiger partial charge is 0.315 e. The van der Waals surface area contributed by atoms with Gasteiger partial charge in [0.25, 0.3) is 0 Å². The summed E-state index contributed by atoms with van der Waals surface area (Å²) in [6.45, 7) is 4.13. The number of hydrogen-bond donors (Lipinski definition) is 3. The molecule has 3 N–H and O–H groups in total. The molecule has 1 aromatic carbocycles. The maximum atomic E-state index is 11.9. The third kappa shape index (κ3) is 7.44. The summed E-state index contributed by atoms with van der Waals surface area (Å²) >= 11 is 0. The monoisotopic (exact) mass is 361 g/mol. The standard InChI is InChI=1S/C20H31N3O3/c1-2-13-26-15-17-8-4-3-7-16(17)14-22-20(25)21-12-11-19(24)23-18-9-5-6-10-18/h3-4,7-8,18H,2,5-6,9-15H2,1H3,(H,23,24)(H2,21,22,25). The Kier molecular flexibility index (Phi) is 8.96. The van der Waals surface area contributed by atoms with Crippen LogP contribution in [0.15, 0.2) is 24.3 Å². The van der Waals surface area contributed by atoms with Gasteiger partial charge in [-0.05, 0) is 30.4 Å². The average molecular weight is 361 g/mol. The molecule has 0 heterocycles. The van der Waals surface area contributed by atoms with Crippen LogP contribution >= 0.6 is 0 Å². The molecule has 0 atom stereocenters. The van der Waals surface area contributed by atoms with Crippen molar-refractivity contribution in [3.05, 3.63) is 35.4 Å². The largest absolute Gasteiger partial charge is 0.377 e. The maximum Gasteiger partial charge on any atom is 0.315 e. The van der Waals surface area contributed by atoms with Gasteiger partial charge in [-0.2, -0.15) is 0 Å². The summed E-state index contributed by atoms with van der Waals surface area (Å²) < 4.78 is 5.59. The van der Waals surface area contributed by atoms with Gasteiger partial charge in [0.05, 0.1) is 6.61 Å². The lowest BCUT2D eigenvalue weighted by Gasteiger charge is -2.13. The van der Waals surface area contributed by atoms with E-state index in [4.69, 9.17) is 4.74 Å². The molecule has 144 valence electrons. The van der Waals surface area contributed by atoms with Gasteiger partial charge in [0.15, 0.2) is 0 Å². The van der Waals surface area contributed by atoms with Gasteiger partial charge in [0.2, 0.25) is 5.91 Å². The number of hydrogen-bond acceptors (Lipinski definition) is 3. The van der Waals surface area contributed by atoms with E-state index >= 15 is 0 Å². The molecule has 6 nitrogen and oxygen atoms in total. The predicted octanol–water partition coefficient (Wildman–Crippen LogP) is 2.86. The Balaban J connectivity index is 1.64. The molecule has 1 aliphatic rings. The SMILES string of the molecule is CCCOCc1ccccc1CNC(=O)NCCC(=O)NC1CCCC1. The van der Waals surface area contributed by atoms with Crippen molar-refractivity contribution in [3.63, 3.8) is 0 Å². The summed E-state index contributed by atoms with van der Waals surface area (Å²) in [6.07, 6.45) is 5.82. The van der Waals surface area contributed by atoms with Gasteiger partial charge in [0, 0.05) is 32.2 Å². The normalized spacial score (nSPS) is 14.2. The van der Waals surface area contributed by atoms with E-state index < -0.39 is 0 Å².